The second-order valence-electron chi connectivity index (χ2n) is 10.4. The minimum atomic E-state index is -2.70. The van der Waals surface area contributed by atoms with Crippen LogP contribution in [0.1, 0.15) is 15.9 Å². The number of alkyl halides is 2. The zero-order valence-corrected chi connectivity index (χ0v) is 24.4. The van der Waals surface area contributed by atoms with Gasteiger partial charge in [-0.2, -0.15) is 5.26 Å². The average Bonchev–Trinajstić information content (AvgIpc) is 3.62. The molecule has 12 heteroatoms. The standard InChI is InChI=1S/C33H22F3N5O3S/c1-38-33(42)30-22-11-21(25(41(45)15-29(35)36)13-28(22)44-32(30)17-5-7-19(34)8-6-17)23-9-10-27-31(39-23)26-12-20-18(14-37)3-2-4-24(20)40(26)16-43-27/h2-13,29,45H,15-16H2,1H3,(H,38,42). The Kier molecular flexibility index (Phi) is 6.90. The normalized spacial score (nSPS) is 12.1. The Hall–Kier alpha value is -5.41. The fourth-order valence-electron chi connectivity index (χ4n) is 5.68. The SMILES string of the molecule is CNC(=O)c1c(-c2ccc(F)cc2)oc2cc(N(S)CC(F)F)c(-c3ccc4c(n3)-c3cc5c(C#N)cccc5n3CO4)cc12. The van der Waals surface area contributed by atoms with E-state index in [4.69, 9.17) is 14.1 Å². The summed E-state index contributed by atoms with van der Waals surface area (Å²) in [6.45, 7) is -0.483. The van der Waals surface area contributed by atoms with E-state index in [9.17, 15) is 23.2 Å². The molecule has 1 aliphatic heterocycles. The lowest BCUT2D eigenvalue weighted by Crippen LogP contribution is -2.20. The van der Waals surface area contributed by atoms with Crippen LogP contribution in [0.15, 0.2) is 77.2 Å². The van der Waals surface area contributed by atoms with Crippen molar-refractivity contribution in [3.05, 3.63) is 89.7 Å². The number of benzene rings is 3. The average molecular weight is 626 g/mol. The van der Waals surface area contributed by atoms with Crippen molar-refractivity contribution in [2.45, 2.75) is 13.2 Å². The number of hydrogen-bond donors (Lipinski definition) is 2. The van der Waals surface area contributed by atoms with Crippen LogP contribution < -0.4 is 14.4 Å². The Balaban J connectivity index is 1.47. The summed E-state index contributed by atoms with van der Waals surface area (Å²) in [5, 5.41) is 13.4. The maximum absolute atomic E-state index is 13.7. The number of fused-ring (bicyclic) bond motifs is 6. The van der Waals surface area contributed by atoms with Crippen molar-refractivity contribution in [1.82, 2.24) is 14.9 Å². The van der Waals surface area contributed by atoms with Crippen molar-refractivity contribution in [2.24, 2.45) is 0 Å². The van der Waals surface area contributed by atoms with Gasteiger partial charge in [-0.1, -0.05) is 18.9 Å². The third kappa shape index (κ3) is 4.72. The number of nitrogens with zero attached hydrogens (tertiary/aromatic N) is 4. The third-order valence-electron chi connectivity index (χ3n) is 7.75. The molecule has 4 heterocycles. The number of anilines is 1. The van der Waals surface area contributed by atoms with Crippen molar-refractivity contribution in [3.8, 4) is 45.8 Å². The van der Waals surface area contributed by atoms with Gasteiger partial charge < -0.3 is 23.3 Å². The number of hydrogen-bond acceptors (Lipinski definition) is 7. The molecule has 45 heavy (non-hydrogen) atoms. The van der Waals surface area contributed by atoms with E-state index in [1.165, 1.54) is 37.4 Å². The molecule has 1 aliphatic rings. The van der Waals surface area contributed by atoms with Gasteiger partial charge in [-0.05, 0) is 60.7 Å². The number of carbonyl (C=O) groups excluding carboxylic acids is 1. The molecular formula is C33H22F3N5O3S. The third-order valence-corrected chi connectivity index (χ3v) is 8.13. The van der Waals surface area contributed by atoms with Crippen LogP contribution in [-0.4, -0.2) is 35.5 Å². The number of nitrogens with one attached hydrogen (secondary N) is 1. The van der Waals surface area contributed by atoms with Crippen LogP contribution in [0.4, 0.5) is 18.9 Å². The number of thiol groups is 1. The highest BCUT2D eigenvalue weighted by atomic mass is 32.1. The number of rotatable bonds is 6. The van der Waals surface area contributed by atoms with Gasteiger partial charge in [0.2, 0.25) is 0 Å². The maximum atomic E-state index is 13.7. The number of carbonyl (C=O) groups is 1. The van der Waals surface area contributed by atoms with Gasteiger partial charge in [0.25, 0.3) is 12.3 Å². The van der Waals surface area contributed by atoms with Crippen LogP contribution >= 0.6 is 12.8 Å². The lowest BCUT2D eigenvalue weighted by atomic mass is 10.00. The molecular weight excluding hydrogens is 603 g/mol. The summed E-state index contributed by atoms with van der Waals surface area (Å²) in [6.07, 6.45) is -2.70. The molecule has 8 nitrogen and oxygen atoms in total. The fraction of sp³-hybridized carbons (Fsp3) is 0.121. The van der Waals surface area contributed by atoms with Crippen LogP contribution in [0.5, 0.6) is 5.75 Å². The van der Waals surface area contributed by atoms with Gasteiger partial charge in [-0.3, -0.25) is 4.79 Å². The molecule has 0 saturated heterocycles. The molecule has 224 valence electrons. The summed E-state index contributed by atoms with van der Waals surface area (Å²) in [7, 11) is 1.48. The Morgan fingerprint density at radius 1 is 1.13 bits per heavy atom. The lowest BCUT2D eigenvalue weighted by Gasteiger charge is -2.23. The number of furan rings is 1. The molecule has 6 aromatic rings. The summed E-state index contributed by atoms with van der Waals surface area (Å²) in [5.74, 6) is -0.203. The molecule has 0 atom stereocenters. The van der Waals surface area contributed by atoms with Gasteiger partial charge in [-0.25, -0.2) is 18.2 Å². The quantitative estimate of drug-likeness (QED) is 0.187. The van der Waals surface area contributed by atoms with E-state index in [1.54, 1.807) is 30.3 Å². The van der Waals surface area contributed by atoms with E-state index < -0.39 is 24.7 Å². The molecule has 3 aromatic carbocycles. The number of pyridine rings is 1. The zero-order valence-electron chi connectivity index (χ0n) is 23.5. The van der Waals surface area contributed by atoms with Crippen molar-refractivity contribution < 1.29 is 27.1 Å². The zero-order chi connectivity index (χ0) is 31.4. The van der Waals surface area contributed by atoms with Gasteiger partial charge in [0.1, 0.15) is 28.6 Å². The Morgan fingerprint density at radius 2 is 1.93 bits per heavy atom. The summed E-state index contributed by atoms with van der Waals surface area (Å²) in [6, 6.07) is 21.7. The van der Waals surface area contributed by atoms with E-state index in [-0.39, 0.29) is 29.3 Å². The number of amides is 1. The van der Waals surface area contributed by atoms with Gasteiger partial charge in [0.15, 0.2) is 6.73 Å². The summed E-state index contributed by atoms with van der Waals surface area (Å²) >= 11 is 4.38. The van der Waals surface area contributed by atoms with Gasteiger partial charge in [0, 0.05) is 35.0 Å². The van der Waals surface area contributed by atoms with E-state index in [0.717, 1.165) is 20.9 Å². The van der Waals surface area contributed by atoms with E-state index in [2.05, 4.69) is 24.2 Å². The lowest BCUT2D eigenvalue weighted by molar-refractivity contribution is 0.0964. The largest absolute Gasteiger partial charge is 0.470 e. The topological polar surface area (TPSA) is 96.3 Å². The molecule has 3 aromatic heterocycles. The second-order valence-corrected chi connectivity index (χ2v) is 10.8. The minimum absolute atomic E-state index is 0.191. The minimum Gasteiger partial charge on any atom is -0.470 e. The van der Waals surface area contributed by atoms with Crippen LogP contribution in [-0.2, 0) is 6.73 Å². The predicted octanol–water partition coefficient (Wildman–Crippen LogP) is 7.42. The first-order valence-corrected chi connectivity index (χ1v) is 14.2. The predicted molar refractivity (Wildman–Crippen MR) is 167 cm³/mol. The highest BCUT2D eigenvalue weighted by molar-refractivity contribution is 7.81. The first-order valence-electron chi connectivity index (χ1n) is 13.8. The molecule has 0 aliphatic carbocycles. The summed E-state index contributed by atoms with van der Waals surface area (Å²) < 4.78 is 56.0. The number of nitriles is 1. The second kappa shape index (κ2) is 10.9. The maximum Gasteiger partial charge on any atom is 0.256 e. The monoisotopic (exact) mass is 625 g/mol. The molecule has 0 bridgehead atoms. The van der Waals surface area contributed by atoms with Gasteiger partial charge >= 0.3 is 0 Å². The number of aromatic nitrogens is 2. The van der Waals surface area contributed by atoms with Crippen molar-refractivity contribution >= 4 is 46.3 Å². The molecule has 0 spiro atoms. The van der Waals surface area contributed by atoms with Crippen LogP contribution in [0.25, 0.3) is 55.8 Å². The first kappa shape index (κ1) is 28.4. The Labute approximate surface area is 259 Å². The summed E-state index contributed by atoms with van der Waals surface area (Å²) in [5.41, 5.74) is 4.50. The Bertz CT molecular complexity index is 2190. The van der Waals surface area contributed by atoms with Crippen LogP contribution in [0.2, 0.25) is 0 Å². The van der Waals surface area contributed by atoms with Crippen molar-refractivity contribution in [2.75, 3.05) is 17.9 Å². The van der Waals surface area contributed by atoms with E-state index >= 15 is 0 Å². The van der Waals surface area contributed by atoms with Gasteiger partial charge in [-0.15, -0.1) is 0 Å². The number of halogens is 3. The molecule has 0 radical (unpaired) electrons. The molecule has 1 N–H and O–H groups in total. The molecule has 0 saturated carbocycles. The van der Waals surface area contributed by atoms with E-state index in [0.29, 0.717) is 39.2 Å². The molecule has 7 rings (SSSR count). The van der Waals surface area contributed by atoms with Crippen molar-refractivity contribution in [3.63, 3.8) is 0 Å². The van der Waals surface area contributed by atoms with Gasteiger partial charge in [0.05, 0.1) is 46.3 Å². The van der Waals surface area contributed by atoms with Crippen LogP contribution in [0.3, 0.4) is 0 Å². The number of ether oxygens (including phenoxy) is 1. The Morgan fingerprint density at radius 3 is 2.67 bits per heavy atom. The smallest absolute Gasteiger partial charge is 0.256 e. The molecule has 0 unspecified atom stereocenters. The summed E-state index contributed by atoms with van der Waals surface area (Å²) in [4.78, 5) is 18.1. The van der Waals surface area contributed by atoms with E-state index in [1.807, 2.05) is 16.7 Å². The molecule has 1 amide bonds. The first-order chi connectivity index (χ1) is 21.8. The highest BCUT2D eigenvalue weighted by Gasteiger charge is 2.27. The van der Waals surface area contributed by atoms with Crippen molar-refractivity contribution in [1.29, 1.82) is 5.26 Å². The molecule has 0 fully saturated rings. The van der Waals surface area contributed by atoms with Crippen LogP contribution in [0, 0.1) is 17.1 Å². The highest BCUT2D eigenvalue weighted by Crippen LogP contribution is 2.44. The fourth-order valence-corrected chi connectivity index (χ4v) is 5.97.